The summed E-state index contributed by atoms with van der Waals surface area (Å²) >= 11 is 0. The van der Waals surface area contributed by atoms with Crippen molar-refractivity contribution in [1.29, 1.82) is 0 Å². The fourth-order valence-electron chi connectivity index (χ4n) is 0.539. The van der Waals surface area contributed by atoms with Crippen molar-refractivity contribution in [1.82, 2.24) is 0 Å². The number of hydrogen-bond acceptors (Lipinski definition) is 2. The van der Waals surface area contributed by atoms with Crippen LogP contribution in [0, 0.1) is 0 Å². The Bertz CT molecular complexity index is 138. The summed E-state index contributed by atoms with van der Waals surface area (Å²) in [6, 6.07) is 0. The first kappa shape index (κ1) is 9.21. The maximum atomic E-state index is 9.79. The zero-order valence-corrected chi connectivity index (χ0v) is 7.52. The molecular weight excluding hydrogens is 127 g/mol. The van der Waals surface area contributed by atoms with Crippen LogP contribution in [0.3, 0.4) is 0 Å². The molecule has 1 rings (SSSR count). The van der Waals surface area contributed by atoms with Gasteiger partial charge >= 0.3 is 29.6 Å². The average molecular weight is 134 g/mol. The molecule has 0 unspecified atom stereocenters. The van der Waals surface area contributed by atoms with Crippen molar-refractivity contribution in [2.75, 3.05) is 0 Å². The van der Waals surface area contributed by atoms with Crippen LogP contribution in [0.2, 0.25) is 0 Å². The molecule has 0 aromatic carbocycles. The summed E-state index contributed by atoms with van der Waals surface area (Å²) in [6.07, 6.45) is 3.93. The van der Waals surface area contributed by atoms with Gasteiger partial charge in [-0.05, 0) is 19.3 Å². The van der Waals surface area contributed by atoms with Crippen LogP contribution in [-0.4, -0.2) is 5.97 Å². The number of aliphatic carboxylic acids is 1. The van der Waals surface area contributed by atoms with E-state index in [1.54, 1.807) is 0 Å². The van der Waals surface area contributed by atoms with Gasteiger partial charge in [0.15, 0.2) is 0 Å². The Morgan fingerprint density at radius 1 is 1.78 bits per heavy atom. The summed E-state index contributed by atoms with van der Waals surface area (Å²) < 4.78 is 0. The predicted molar refractivity (Wildman–Crippen MR) is 26.9 cm³/mol. The Hall–Kier alpha value is 0.210. The molecule has 3 heteroatoms. The number of hydrogen-bond donors (Lipinski definition) is 0. The van der Waals surface area contributed by atoms with Gasteiger partial charge in [-0.25, -0.2) is 0 Å². The van der Waals surface area contributed by atoms with E-state index in [0.717, 1.165) is 6.42 Å². The minimum atomic E-state index is -0.946. The van der Waals surface area contributed by atoms with Crippen LogP contribution in [-0.2, 0) is 4.79 Å². The van der Waals surface area contributed by atoms with E-state index in [4.69, 9.17) is 0 Å². The zero-order valence-electron chi connectivity index (χ0n) is 5.52. The van der Waals surface area contributed by atoms with Crippen molar-refractivity contribution in [3.63, 3.8) is 0 Å². The number of carbonyl (C=O) groups excluding carboxylic acids is 1. The summed E-state index contributed by atoms with van der Waals surface area (Å²) in [4.78, 5) is 9.79. The normalized spacial score (nSPS) is 13.6. The molecule has 0 N–H and O–H groups in total. The molecule has 0 aromatic heterocycles. The molecular formula is C6H7NaO2. The molecule has 9 heavy (non-hydrogen) atoms. The first-order valence-electron chi connectivity index (χ1n) is 2.67. The average Bonchev–Trinajstić information content (AvgIpc) is 2.41. The van der Waals surface area contributed by atoms with E-state index in [-0.39, 0.29) is 36.0 Å². The Balaban J connectivity index is 0.000000640. The molecule has 0 aromatic rings. The fraction of sp³-hybridized carbons (Fsp3) is 0.500. The van der Waals surface area contributed by atoms with Gasteiger partial charge in [0.1, 0.15) is 0 Å². The number of carboxylic acid groups (broad SMARTS) is 1. The number of rotatable bonds is 3. The van der Waals surface area contributed by atoms with Crippen molar-refractivity contribution in [3.05, 3.63) is 11.6 Å². The van der Waals surface area contributed by atoms with Gasteiger partial charge in [0.2, 0.25) is 0 Å². The van der Waals surface area contributed by atoms with Crippen LogP contribution in [0.5, 0.6) is 0 Å². The maximum absolute atomic E-state index is 9.79. The largest absolute Gasteiger partial charge is 1.00 e. The van der Waals surface area contributed by atoms with Crippen molar-refractivity contribution < 1.29 is 39.5 Å². The van der Waals surface area contributed by atoms with Crippen molar-refractivity contribution in [3.8, 4) is 0 Å². The molecule has 44 valence electrons. The van der Waals surface area contributed by atoms with Gasteiger partial charge in [-0.1, -0.05) is 11.6 Å². The van der Waals surface area contributed by atoms with E-state index in [0.29, 0.717) is 6.42 Å². The molecule has 0 radical (unpaired) electrons. The number of allylic oxidation sites excluding steroid dienone is 2. The summed E-state index contributed by atoms with van der Waals surface area (Å²) in [7, 11) is 0. The van der Waals surface area contributed by atoms with Gasteiger partial charge in [-0.2, -0.15) is 0 Å². The maximum Gasteiger partial charge on any atom is 1.00 e. The second kappa shape index (κ2) is 4.09. The first-order valence-corrected chi connectivity index (χ1v) is 2.67. The van der Waals surface area contributed by atoms with Gasteiger partial charge in [0.25, 0.3) is 0 Å². The summed E-state index contributed by atoms with van der Waals surface area (Å²) in [5, 5.41) is 9.79. The third-order valence-electron chi connectivity index (χ3n) is 1.14. The SMILES string of the molecule is O=C([O-])CCC1=CC1.[Na+]. The summed E-state index contributed by atoms with van der Waals surface area (Å²) in [6.45, 7) is 0. The van der Waals surface area contributed by atoms with Gasteiger partial charge in [-0.15, -0.1) is 0 Å². The van der Waals surface area contributed by atoms with Crippen LogP contribution in [0.15, 0.2) is 11.6 Å². The van der Waals surface area contributed by atoms with Crippen molar-refractivity contribution in [2.24, 2.45) is 0 Å². The Morgan fingerprint density at radius 3 is 2.67 bits per heavy atom. The standard InChI is InChI=1S/C6H8O2.Na/c7-6(8)4-3-5-1-2-5;/h1H,2-4H2,(H,7,8);/q;+1/p-1. The molecule has 0 heterocycles. The van der Waals surface area contributed by atoms with E-state index in [1.807, 2.05) is 6.08 Å². The van der Waals surface area contributed by atoms with Gasteiger partial charge in [-0.3, -0.25) is 0 Å². The summed E-state index contributed by atoms with van der Waals surface area (Å²) in [5.41, 5.74) is 1.26. The molecule has 0 saturated heterocycles. The predicted octanol–water partition coefficient (Wildman–Crippen LogP) is -3.15. The molecule has 0 amide bonds. The molecule has 1 aliphatic carbocycles. The van der Waals surface area contributed by atoms with E-state index in [2.05, 4.69) is 0 Å². The molecule has 2 nitrogen and oxygen atoms in total. The second-order valence-electron chi connectivity index (χ2n) is 1.94. The monoisotopic (exact) mass is 134 g/mol. The molecule has 0 bridgehead atoms. The van der Waals surface area contributed by atoms with Crippen LogP contribution >= 0.6 is 0 Å². The minimum Gasteiger partial charge on any atom is -0.550 e. The first-order chi connectivity index (χ1) is 3.79. The van der Waals surface area contributed by atoms with Gasteiger partial charge in [0.05, 0.1) is 0 Å². The smallest absolute Gasteiger partial charge is 0.550 e. The third kappa shape index (κ3) is 4.70. The van der Waals surface area contributed by atoms with Crippen LogP contribution in [0.25, 0.3) is 0 Å². The quantitative estimate of drug-likeness (QED) is 0.302. The number of carbonyl (C=O) groups is 1. The van der Waals surface area contributed by atoms with E-state index in [1.165, 1.54) is 5.57 Å². The summed E-state index contributed by atoms with van der Waals surface area (Å²) in [5.74, 6) is -0.946. The Kier molecular flexibility index (Phi) is 4.19. The Morgan fingerprint density at radius 2 is 2.33 bits per heavy atom. The van der Waals surface area contributed by atoms with Gasteiger partial charge < -0.3 is 9.90 Å². The fourth-order valence-corrected chi connectivity index (χ4v) is 0.539. The molecule has 1 aliphatic rings. The van der Waals surface area contributed by atoms with Crippen LogP contribution < -0.4 is 34.7 Å². The number of carboxylic acids is 1. The van der Waals surface area contributed by atoms with E-state index >= 15 is 0 Å². The minimum absolute atomic E-state index is 0. The van der Waals surface area contributed by atoms with Crippen molar-refractivity contribution >= 4 is 5.97 Å². The van der Waals surface area contributed by atoms with E-state index < -0.39 is 5.97 Å². The molecule has 0 atom stereocenters. The molecule has 0 fully saturated rings. The topological polar surface area (TPSA) is 40.1 Å². The van der Waals surface area contributed by atoms with Gasteiger partial charge in [0, 0.05) is 5.97 Å². The Labute approximate surface area is 76.2 Å². The zero-order chi connectivity index (χ0) is 5.98. The van der Waals surface area contributed by atoms with Crippen LogP contribution in [0.1, 0.15) is 19.3 Å². The molecule has 0 spiro atoms. The molecule has 0 aliphatic heterocycles. The van der Waals surface area contributed by atoms with E-state index in [9.17, 15) is 9.90 Å². The third-order valence-corrected chi connectivity index (χ3v) is 1.14. The second-order valence-corrected chi connectivity index (χ2v) is 1.94. The van der Waals surface area contributed by atoms with Crippen LogP contribution in [0.4, 0.5) is 0 Å². The molecule has 0 saturated carbocycles. The van der Waals surface area contributed by atoms with Crippen molar-refractivity contribution in [2.45, 2.75) is 19.3 Å².